The van der Waals surface area contributed by atoms with Gasteiger partial charge in [0.15, 0.2) is 0 Å². The lowest BCUT2D eigenvalue weighted by atomic mass is 9.95. The Morgan fingerprint density at radius 3 is 2.30 bits per heavy atom. The van der Waals surface area contributed by atoms with Crippen LogP contribution in [0.5, 0.6) is 0 Å². The molecule has 1 N–H and O–H groups in total. The van der Waals surface area contributed by atoms with Gasteiger partial charge in [-0.2, -0.15) is 0 Å². The number of hydrogen-bond donors (Lipinski definition) is 1. The summed E-state index contributed by atoms with van der Waals surface area (Å²) in [6.45, 7) is 13.0. The van der Waals surface area contributed by atoms with Gasteiger partial charge in [0.2, 0.25) is 0 Å². The van der Waals surface area contributed by atoms with Crippen LogP contribution in [0, 0.1) is 6.92 Å². The number of hydrogen-bond acceptors (Lipinski definition) is 4. The molecular formula is C16H30N4. The highest BCUT2D eigenvalue weighted by atomic mass is 15.2. The van der Waals surface area contributed by atoms with Crippen molar-refractivity contribution in [3.8, 4) is 0 Å². The van der Waals surface area contributed by atoms with Gasteiger partial charge in [0.1, 0.15) is 17.5 Å². The highest BCUT2D eigenvalue weighted by Crippen LogP contribution is 2.29. The Kier molecular flexibility index (Phi) is 5.37. The van der Waals surface area contributed by atoms with E-state index in [1.165, 1.54) is 12.8 Å². The summed E-state index contributed by atoms with van der Waals surface area (Å²) in [6, 6.07) is 0.478. The molecule has 114 valence electrons. The maximum absolute atomic E-state index is 4.83. The molecule has 0 bridgehead atoms. The summed E-state index contributed by atoms with van der Waals surface area (Å²) in [5.74, 6) is 2.85. The van der Waals surface area contributed by atoms with Crippen molar-refractivity contribution < 1.29 is 0 Å². The molecule has 0 aliphatic heterocycles. The Balaban J connectivity index is 3.30. The zero-order valence-electron chi connectivity index (χ0n) is 14.3. The normalized spacial score (nSPS) is 13.2. The highest BCUT2D eigenvalue weighted by molar-refractivity contribution is 5.58. The van der Waals surface area contributed by atoms with Crippen LogP contribution in [0.15, 0.2) is 0 Å². The number of rotatable bonds is 5. The second-order valence-electron chi connectivity index (χ2n) is 6.59. The molecule has 1 atom stereocenters. The van der Waals surface area contributed by atoms with Crippen LogP contribution in [0.25, 0.3) is 0 Å². The standard InChI is InChI=1S/C16H30N4/c1-9-10-11(2)20(8)14-12(3)13(17-7)18-15(19-14)16(4,5)6/h11H,9-10H2,1-8H3,(H,17,18,19). The summed E-state index contributed by atoms with van der Waals surface area (Å²) >= 11 is 0. The van der Waals surface area contributed by atoms with Crippen LogP contribution in [-0.4, -0.2) is 30.1 Å². The van der Waals surface area contributed by atoms with Gasteiger partial charge in [-0.15, -0.1) is 0 Å². The maximum Gasteiger partial charge on any atom is 0.138 e. The van der Waals surface area contributed by atoms with Gasteiger partial charge in [-0.1, -0.05) is 34.1 Å². The van der Waals surface area contributed by atoms with Crippen molar-refractivity contribution in [1.82, 2.24) is 9.97 Å². The van der Waals surface area contributed by atoms with Crippen LogP contribution in [0.3, 0.4) is 0 Å². The molecule has 1 heterocycles. The van der Waals surface area contributed by atoms with Gasteiger partial charge >= 0.3 is 0 Å². The lowest BCUT2D eigenvalue weighted by Gasteiger charge is -2.29. The van der Waals surface area contributed by atoms with E-state index in [0.717, 1.165) is 23.0 Å². The molecule has 1 rings (SSSR count). The molecule has 0 radical (unpaired) electrons. The van der Waals surface area contributed by atoms with E-state index in [0.29, 0.717) is 6.04 Å². The first-order chi connectivity index (χ1) is 9.22. The van der Waals surface area contributed by atoms with Crippen LogP contribution >= 0.6 is 0 Å². The second kappa shape index (κ2) is 6.42. The molecule has 1 aromatic rings. The van der Waals surface area contributed by atoms with Crippen molar-refractivity contribution in [2.24, 2.45) is 0 Å². The molecule has 1 aromatic heterocycles. The number of nitrogens with zero attached hydrogens (tertiary/aromatic N) is 3. The van der Waals surface area contributed by atoms with Crippen LogP contribution < -0.4 is 10.2 Å². The van der Waals surface area contributed by atoms with E-state index in [1.54, 1.807) is 0 Å². The molecule has 1 unspecified atom stereocenters. The first-order valence-electron chi connectivity index (χ1n) is 7.52. The maximum atomic E-state index is 4.83. The first kappa shape index (κ1) is 16.7. The fourth-order valence-electron chi connectivity index (χ4n) is 2.25. The second-order valence-corrected chi connectivity index (χ2v) is 6.59. The molecule has 0 spiro atoms. The summed E-state index contributed by atoms with van der Waals surface area (Å²) in [5.41, 5.74) is 1.06. The van der Waals surface area contributed by atoms with Crippen molar-refractivity contribution in [3.05, 3.63) is 11.4 Å². The topological polar surface area (TPSA) is 41.1 Å². The monoisotopic (exact) mass is 278 g/mol. The average Bonchev–Trinajstić information content (AvgIpc) is 2.37. The van der Waals surface area contributed by atoms with E-state index in [-0.39, 0.29) is 5.41 Å². The molecule has 0 saturated heterocycles. The summed E-state index contributed by atoms with van der Waals surface area (Å²) in [6.07, 6.45) is 2.35. The molecular weight excluding hydrogens is 248 g/mol. The third-order valence-electron chi connectivity index (χ3n) is 3.73. The lowest BCUT2D eigenvalue weighted by Crippen LogP contribution is -2.31. The van der Waals surface area contributed by atoms with Gasteiger partial charge in [-0.05, 0) is 20.3 Å². The highest BCUT2D eigenvalue weighted by Gasteiger charge is 2.23. The van der Waals surface area contributed by atoms with E-state index in [9.17, 15) is 0 Å². The third-order valence-corrected chi connectivity index (χ3v) is 3.73. The van der Waals surface area contributed by atoms with E-state index < -0.39 is 0 Å². The van der Waals surface area contributed by atoms with Crippen molar-refractivity contribution in [2.75, 3.05) is 24.3 Å². The van der Waals surface area contributed by atoms with Crippen LogP contribution in [0.1, 0.15) is 58.8 Å². The summed E-state index contributed by atoms with van der Waals surface area (Å²) in [7, 11) is 4.04. The predicted molar refractivity (Wildman–Crippen MR) is 87.8 cm³/mol. The van der Waals surface area contributed by atoms with E-state index in [1.807, 2.05) is 7.05 Å². The van der Waals surface area contributed by atoms with Crippen LogP contribution in [0.2, 0.25) is 0 Å². The van der Waals surface area contributed by atoms with Crippen molar-refractivity contribution in [2.45, 2.75) is 65.8 Å². The van der Waals surface area contributed by atoms with Crippen molar-refractivity contribution in [1.29, 1.82) is 0 Å². The number of nitrogens with one attached hydrogen (secondary N) is 1. The Morgan fingerprint density at radius 2 is 1.85 bits per heavy atom. The van der Waals surface area contributed by atoms with Crippen molar-refractivity contribution in [3.63, 3.8) is 0 Å². The SMILES string of the molecule is CCCC(C)N(C)c1nc(C(C)(C)C)nc(NC)c1C. The van der Waals surface area contributed by atoms with Crippen molar-refractivity contribution >= 4 is 11.6 Å². The molecule has 0 aliphatic carbocycles. The molecule has 0 aromatic carbocycles. The Labute approximate surface area is 124 Å². The molecule has 4 nitrogen and oxygen atoms in total. The average molecular weight is 278 g/mol. The fraction of sp³-hybridized carbons (Fsp3) is 0.750. The van der Waals surface area contributed by atoms with E-state index >= 15 is 0 Å². The van der Waals surface area contributed by atoms with Gasteiger partial charge in [0.25, 0.3) is 0 Å². The van der Waals surface area contributed by atoms with E-state index in [2.05, 4.69) is 63.8 Å². The third kappa shape index (κ3) is 3.62. The molecule has 0 saturated carbocycles. The number of aromatic nitrogens is 2. The largest absolute Gasteiger partial charge is 0.373 e. The minimum Gasteiger partial charge on any atom is -0.373 e. The van der Waals surface area contributed by atoms with Gasteiger partial charge in [-0.3, -0.25) is 0 Å². The van der Waals surface area contributed by atoms with Gasteiger partial charge < -0.3 is 10.2 Å². The van der Waals surface area contributed by atoms with E-state index in [4.69, 9.17) is 4.98 Å². The van der Waals surface area contributed by atoms with Gasteiger partial charge in [0, 0.05) is 31.1 Å². The molecule has 0 fully saturated rings. The van der Waals surface area contributed by atoms with Crippen LogP contribution in [-0.2, 0) is 5.41 Å². The lowest BCUT2D eigenvalue weighted by molar-refractivity contribution is 0.540. The first-order valence-corrected chi connectivity index (χ1v) is 7.52. The van der Waals surface area contributed by atoms with Gasteiger partial charge in [0.05, 0.1) is 0 Å². The quantitative estimate of drug-likeness (QED) is 0.890. The molecule has 0 amide bonds. The molecule has 0 aliphatic rings. The Bertz CT molecular complexity index is 449. The van der Waals surface area contributed by atoms with Gasteiger partial charge in [-0.25, -0.2) is 9.97 Å². The molecule has 4 heteroatoms. The smallest absolute Gasteiger partial charge is 0.138 e. The summed E-state index contributed by atoms with van der Waals surface area (Å²) < 4.78 is 0. The Morgan fingerprint density at radius 1 is 1.25 bits per heavy atom. The number of anilines is 2. The fourth-order valence-corrected chi connectivity index (χ4v) is 2.25. The van der Waals surface area contributed by atoms with Crippen LogP contribution in [0.4, 0.5) is 11.6 Å². The zero-order chi connectivity index (χ0) is 15.5. The predicted octanol–water partition coefficient (Wildman–Crippen LogP) is 3.75. The minimum atomic E-state index is -0.0527. The Hall–Kier alpha value is -1.32. The minimum absolute atomic E-state index is 0.0527. The zero-order valence-corrected chi connectivity index (χ0v) is 14.3. The summed E-state index contributed by atoms with van der Waals surface area (Å²) in [4.78, 5) is 11.8. The summed E-state index contributed by atoms with van der Waals surface area (Å²) in [5, 5.41) is 3.20. The molecule has 20 heavy (non-hydrogen) atoms.